The van der Waals surface area contributed by atoms with Gasteiger partial charge in [0.15, 0.2) is 10.8 Å². The van der Waals surface area contributed by atoms with Crippen molar-refractivity contribution in [2.24, 2.45) is 0 Å². The second-order valence-electron chi connectivity index (χ2n) is 2.88. The molecule has 2 aromatic rings. The summed E-state index contributed by atoms with van der Waals surface area (Å²) in [7, 11) is 0. The fraction of sp³-hybridized carbons (Fsp3) is 0.222. The Bertz CT molecular complexity index is 473. The van der Waals surface area contributed by atoms with Crippen LogP contribution in [0.15, 0.2) is 16.9 Å². The first-order valence-electron chi connectivity index (χ1n) is 4.07. The number of aryl methyl sites for hydroxylation is 1. The Morgan fingerprint density at radius 3 is 2.79 bits per heavy atom. The molecule has 0 unspecified atom stereocenters. The van der Waals surface area contributed by atoms with Gasteiger partial charge in [-0.3, -0.25) is 4.79 Å². The van der Waals surface area contributed by atoms with Crippen LogP contribution in [0.25, 0.3) is 10.4 Å². The molecule has 2 heterocycles. The van der Waals surface area contributed by atoms with Crippen molar-refractivity contribution in [2.45, 2.75) is 13.8 Å². The van der Waals surface area contributed by atoms with Gasteiger partial charge in [-0.15, -0.1) is 11.3 Å². The van der Waals surface area contributed by atoms with E-state index < -0.39 is 0 Å². The zero-order chi connectivity index (χ0) is 10.1. The summed E-state index contributed by atoms with van der Waals surface area (Å²) in [6.07, 6.45) is 3.30. The van der Waals surface area contributed by atoms with Gasteiger partial charge in [0.05, 0.1) is 16.6 Å². The van der Waals surface area contributed by atoms with E-state index in [2.05, 4.69) is 10.1 Å². The zero-order valence-corrected chi connectivity index (χ0v) is 8.59. The molecule has 14 heavy (non-hydrogen) atoms. The third kappa shape index (κ3) is 1.46. The molecule has 0 spiro atoms. The highest BCUT2D eigenvalue weighted by Gasteiger charge is 2.11. The fourth-order valence-electron chi connectivity index (χ4n) is 1.10. The third-order valence-electron chi connectivity index (χ3n) is 1.82. The number of thiazole rings is 1. The van der Waals surface area contributed by atoms with E-state index in [0.717, 1.165) is 16.2 Å². The molecule has 0 saturated carbocycles. The molecule has 0 aliphatic rings. The Labute approximate surface area is 84.6 Å². The van der Waals surface area contributed by atoms with Crippen molar-refractivity contribution in [3.63, 3.8) is 0 Å². The van der Waals surface area contributed by atoms with Gasteiger partial charge in [-0.05, 0) is 6.92 Å². The topological polar surface area (TPSA) is 56.0 Å². The van der Waals surface area contributed by atoms with E-state index in [9.17, 15) is 4.79 Å². The van der Waals surface area contributed by atoms with E-state index in [-0.39, 0.29) is 5.78 Å². The monoisotopic (exact) mass is 208 g/mol. The number of Topliss-reactive ketones (excluding diaryl/α,β-unsaturated/α-hetero) is 1. The lowest BCUT2D eigenvalue weighted by molar-refractivity contribution is 0.101. The summed E-state index contributed by atoms with van der Waals surface area (Å²) in [5, 5.41) is 4.19. The minimum Gasteiger partial charge on any atom is -0.361 e. The first-order valence-corrected chi connectivity index (χ1v) is 4.88. The maximum absolute atomic E-state index is 11.0. The Balaban J connectivity index is 2.43. The molecular formula is C9H8N2O2S. The van der Waals surface area contributed by atoms with Crippen molar-refractivity contribution in [2.75, 3.05) is 0 Å². The molecule has 0 amide bonds. The lowest BCUT2D eigenvalue weighted by Gasteiger charge is -1.88. The number of hydrogen-bond acceptors (Lipinski definition) is 5. The zero-order valence-electron chi connectivity index (χ0n) is 7.77. The van der Waals surface area contributed by atoms with Crippen LogP contribution in [-0.4, -0.2) is 15.9 Å². The average molecular weight is 208 g/mol. The number of nitrogens with zero attached hydrogens (tertiary/aromatic N) is 2. The van der Waals surface area contributed by atoms with Crippen LogP contribution in [0, 0.1) is 6.92 Å². The van der Waals surface area contributed by atoms with Gasteiger partial charge >= 0.3 is 0 Å². The Hall–Kier alpha value is -1.49. The molecule has 0 N–H and O–H groups in total. The van der Waals surface area contributed by atoms with E-state index in [1.54, 1.807) is 12.4 Å². The Kier molecular flexibility index (Phi) is 2.17. The molecule has 0 radical (unpaired) electrons. The van der Waals surface area contributed by atoms with Gasteiger partial charge in [-0.25, -0.2) is 4.98 Å². The predicted molar refractivity (Wildman–Crippen MR) is 52.4 cm³/mol. The standard InChI is InChI=1S/C9H8N2O2S/c1-5(12)9-10-4-8(14-9)7-3-11-13-6(7)2/h3-4H,1-2H3. The molecule has 72 valence electrons. The number of rotatable bonds is 2. The summed E-state index contributed by atoms with van der Waals surface area (Å²) >= 11 is 1.35. The van der Waals surface area contributed by atoms with Crippen molar-refractivity contribution in [1.29, 1.82) is 0 Å². The molecule has 0 aromatic carbocycles. The highest BCUT2D eigenvalue weighted by molar-refractivity contribution is 7.17. The van der Waals surface area contributed by atoms with Crippen LogP contribution >= 0.6 is 11.3 Å². The molecule has 5 heteroatoms. The average Bonchev–Trinajstić information content (AvgIpc) is 2.71. The first-order chi connectivity index (χ1) is 6.68. The highest BCUT2D eigenvalue weighted by Crippen LogP contribution is 2.28. The number of hydrogen-bond donors (Lipinski definition) is 0. The molecular weight excluding hydrogens is 200 g/mol. The SMILES string of the molecule is CC(=O)c1ncc(-c2cnoc2C)s1. The molecule has 2 aromatic heterocycles. The number of carbonyl (C=O) groups excluding carboxylic acids is 1. The van der Waals surface area contributed by atoms with E-state index in [1.807, 2.05) is 6.92 Å². The summed E-state index contributed by atoms with van der Waals surface area (Å²) in [6, 6.07) is 0. The number of ketones is 1. The van der Waals surface area contributed by atoms with Gasteiger partial charge < -0.3 is 4.52 Å². The molecule has 0 saturated heterocycles. The molecule has 0 aliphatic carbocycles. The predicted octanol–water partition coefficient (Wildman–Crippen LogP) is 2.31. The maximum atomic E-state index is 11.0. The number of aromatic nitrogens is 2. The van der Waals surface area contributed by atoms with Crippen LogP contribution in [0.1, 0.15) is 22.5 Å². The summed E-state index contributed by atoms with van der Waals surface area (Å²) in [5.74, 6) is 0.721. The van der Waals surface area contributed by atoms with Crippen LogP contribution in [0.5, 0.6) is 0 Å². The molecule has 0 fully saturated rings. The third-order valence-corrected chi connectivity index (χ3v) is 2.95. The molecule has 0 aliphatic heterocycles. The van der Waals surface area contributed by atoms with Gasteiger partial charge in [0.1, 0.15) is 5.76 Å². The van der Waals surface area contributed by atoms with Gasteiger partial charge in [0.2, 0.25) is 0 Å². The van der Waals surface area contributed by atoms with Gasteiger partial charge in [-0.1, -0.05) is 5.16 Å². The Morgan fingerprint density at radius 2 is 2.29 bits per heavy atom. The highest BCUT2D eigenvalue weighted by atomic mass is 32.1. The Morgan fingerprint density at radius 1 is 1.50 bits per heavy atom. The minimum absolute atomic E-state index is 0.0182. The smallest absolute Gasteiger partial charge is 0.188 e. The molecule has 2 rings (SSSR count). The van der Waals surface area contributed by atoms with Crippen LogP contribution < -0.4 is 0 Å². The molecule has 0 atom stereocenters. The van der Waals surface area contributed by atoms with Crippen molar-refractivity contribution >= 4 is 17.1 Å². The van der Waals surface area contributed by atoms with E-state index in [4.69, 9.17) is 4.52 Å². The minimum atomic E-state index is -0.0182. The lowest BCUT2D eigenvalue weighted by Crippen LogP contribution is -1.87. The van der Waals surface area contributed by atoms with Crippen molar-refractivity contribution < 1.29 is 9.32 Å². The molecule has 0 bridgehead atoms. The quantitative estimate of drug-likeness (QED) is 0.710. The van der Waals surface area contributed by atoms with Crippen LogP contribution in [0.4, 0.5) is 0 Å². The van der Waals surface area contributed by atoms with E-state index in [1.165, 1.54) is 18.3 Å². The van der Waals surface area contributed by atoms with E-state index >= 15 is 0 Å². The first kappa shape index (κ1) is 9.08. The second-order valence-corrected chi connectivity index (χ2v) is 3.91. The summed E-state index contributed by atoms with van der Waals surface area (Å²) in [4.78, 5) is 15.9. The van der Waals surface area contributed by atoms with E-state index in [0.29, 0.717) is 5.01 Å². The summed E-state index contributed by atoms with van der Waals surface area (Å²) in [6.45, 7) is 3.33. The summed E-state index contributed by atoms with van der Waals surface area (Å²) < 4.78 is 4.93. The largest absolute Gasteiger partial charge is 0.361 e. The fourth-order valence-corrected chi connectivity index (χ4v) is 1.97. The van der Waals surface area contributed by atoms with Crippen LogP contribution in [0.2, 0.25) is 0 Å². The van der Waals surface area contributed by atoms with Gasteiger partial charge in [0, 0.05) is 13.1 Å². The van der Waals surface area contributed by atoms with Gasteiger partial charge in [0.25, 0.3) is 0 Å². The van der Waals surface area contributed by atoms with Gasteiger partial charge in [-0.2, -0.15) is 0 Å². The van der Waals surface area contributed by atoms with Crippen LogP contribution in [-0.2, 0) is 0 Å². The van der Waals surface area contributed by atoms with Crippen LogP contribution in [0.3, 0.4) is 0 Å². The normalized spacial score (nSPS) is 10.4. The lowest BCUT2D eigenvalue weighted by atomic mass is 10.2. The van der Waals surface area contributed by atoms with Crippen molar-refractivity contribution in [3.8, 4) is 10.4 Å². The second kappa shape index (κ2) is 3.34. The number of carbonyl (C=O) groups is 1. The van der Waals surface area contributed by atoms with Crippen molar-refractivity contribution in [1.82, 2.24) is 10.1 Å². The maximum Gasteiger partial charge on any atom is 0.188 e. The van der Waals surface area contributed by atoms with Crippen molar-refractivity contribution in [3.05, 3.63) is 23.2 Å². The summed E-state index contributed by atoms with van der Waals surface area (Å²) in [5.41, 5.74) is 0.898. The molecule has 4 nitrogen and oxygen atoms in total.